The summed E-state index contributed by atoms with van der Waals surface area (Å²) >= 11 is 7.18. The van der Waals surface area contributed by atoms with Crippen LogP contribution in [0.15, 0.2) is 18.2 Å². The summed E-state index contributed by atoms with van der Waals surface area (Å²) in [6, 6.07) is 5.53. The summed E-state index contributed by atoms with van der Waals surface area (Å²) in [5, 5.41) is 13.5. The highest BCUT2D eigenvalue weighted by Crippen LogP contribution is 2.30. The highest BCUT2D eigenvalue weighted by Gasteiger charge is 2.16. The lowest BCUT2D eigenvalue weighted by Crippen LogP contribution is -1.97. The molecule has 1 aromatic heterocycles. The topological polar surface area (TPSA) is 62.2 Å². The van der Waals surface area contributed by atoms with Gasteiger partial charge in [0.15, 0.2) is 5.13 Å². The monoisotopic (exact) mass is 296 g/mol. The SMILES string of the molecule is CCc1nc(Nc2cccc(Cl)c2C)sc1C(=O)O. The average Bonchev–Trinajstić information content (AvgIpc) is 2.78. The number of halogens is 1. The van der Waals surface area contributed by atoms with Gasteiger partial charge in [-0.2, -0.15) is 0 Å². The molecule has 0 unspecified atom stereocenters. The largest absolute Gasteiger partial charge is 0.477 e. The zero-order valence-electron chi connectivity index (χ0n) is 10.5. The molecule has 1 aromatic carbocycles. The lowest BCUT2D eigenvalue weighted by Gasteiger charge is -2.07. The fourth-order valence-corrected chi connectivity index (χ4v) is 2.75. The Bertz CT molecular complexity index is 625. The van der Waals surface area contributed by atoms with Crippen LogP contribution in [0, 0.1) is 6.92 Å². The molecule has 0 aliphatic rings. The number of aryl methyl sites for hydroxylation is 1. The molecular weight excluding hydrogens is 284 g/mol. The standard InChI is InChI=1S/C13H13ClN2O2S/c1-3-9-11(12(17)18)19-13(15-9)16-10-6-4-5-8(14)7(10)2/h4-6H,3H2,1-2H3,(H,15,16)(H,17,18). The molecule has 0 aliphatic carbocycles. The van der Waals surface area contributed by atoms with Crippen molar-refractivity contribution in [1.82, 2.24) is 4.98 Å². The van der Waals surface area contributed by atoms with Gasteiger partial charge in [-0.05, 0) is 31.0 Å². The van der Waals surface area contributed by atoms with Gasteiger partial charge in [-0.1, -0.05) is 35.9 Å². The normalized spacial score (nSPS) is 10.5. The van der Waals surface area contributed by atoms with Crippen molar-refractivity contribution in [1.29, 1.82) is 0 Å². The van der Waals surface area contributed by atoms with E-state index in [-0.39, 0.29) is 4.88 Å². The van der Waals surface area contributed by atoms with Crippen molar-refractivity contribution in [3.05, 3.63) is 39.4 Å². The molecule has 0 spiro atoms. The van der Waals surface area contributed by atoms with E-state index < -0.39 is 5.97 Å². The van der Waals surface area contributed by atoms with E-state index in [1.807, 2.05) is 32.0 Å². The quantitative estimate of drug-likeness (QED) is 0.891. The maximum atomic E-state index is 11.1. The molecule has 4 nitrogen and oxygen atoms in total. The number of thiazole rings is 1. The summed E-state index contributed by atoms with van der Waals surface area (Å²) in [4.78, 5) is 15.7. The first-order valence-corrected chi connectivity index (χ1v) is 6.97. The molecule has 2 N–H and O–H groups in total. The Morgan fingerprint density at radius 3 is 2.84 bits per heavy atom. The third-order valence-electron chi connectivity index (χ3n) is 2.74. The number of carboxylic acid groups (broad SMARTS) is 1. The maximum absolute atomic E-state index is 11.1. The number of hydrogen-bond acceptors (Lipinski definition) is 4. The first kappa shape index (κ1) is 13.8. The molecule has 0 saturated carbocycles. The number of aromatic carboxylic acids is 1. The molecule has 2 aromatic rings. The molecule has 1 heterocycles. The highest BCUT2D eigenvalue weighted by atomic mass is 35.5. The van der Waals surface area contributed by atoms with E-state index in [0.29, 0.717) is 22.3 Å². The third kappa shape index (κ3) is 2.88. The van der Waals surface area contributed by atoms with E-state index >= 15 is 0 Å². The Kier molecular flexibility index (Phi) is 4.07. The molecule has 0 atom stereocenters. The minimum absolute atomic E-state index is 0.282. The van der Waals surface area contributed by atoms with Crippen LogP contribution in [-0.2, 0) is 6.42 Å². The van der Waals surface area contributed by atoms with Crippen molar-refractivity contribution in [2.45, 2.75) is 20.3 Å². The number of nitrogens with zero attached hydrogens (tertiary/aromatic N) is 1. The number of nitrogens with one attached hydrogen (secondary N) is 1. The van der Waals surface area contributed by atoms with Crippen LogP contribution in [0.1, 0.15) is 27.9 Å². The molecule has 0 bridgehead atoms. The van der Waals surface area contributed by atoms with E-state index in [4.69, 9.17) is 16.7 Å². The van der Waals surface area contributed by atoms with E-state index in [1.165, 1.54) is 0 Å². The Morgan fingerprint density at radius 1 is 1.53 bits per heavy atom. The molecule has 19 heavy (non-hydrogen) atoms. The van der Waals surface area contributed by atoms with Crippen LogP contribution in [0.3, 0.4) is 0 Å². The first-order valence-electron chi connectivity index (χ1n) is 5.78. The van der Waals surface area contributed by atoms with Crippen LogP contribution in [0.2, 0.25) is 5.02 Å². The lowest BCUT2D eigenvalue weighted by molar-refractivity contribution is 0.0701. The molecule has 0 amide bonds. The Labute approximate surface area is 120 Å². The van der Waals surface area contributed by atoms with Crippen molar-refractivity contribution in [2.24, 2.45) is 0 Å². The van der Waals surface area contributed by atoms with Crippen molar-refractivity contribution in [2.75, 3.05) is 5.32 Å². The van der Waals surface area contributed by atoms with Gasteiger partial charge in [-0.25, -0.2) is 9.78 Å². The number of hydrogen-bond donors (Lipinski definition) is 2. The Balaban J connectivity index is 2.33. The van der Waals surface area contributed by atoms with Crippen LogP contribution in [0.25, 0.3) is 0 Å². The third-order valence-corrected chi connectivity index (χ3v) is 4.15. The fraction of sp³-hybridized carbons (Fsp3) is 0.231. The number of benzene rings is 1. The number of rotatable bonds is 4. The Hall–Kier alpha value is -1.59. The van der Waals surface area contributed by atoms with Gasteiger partial charge < -0.3 is 10.4 Å². The molecule has 0 radical (unpaired) electrons. The van der Waals surface area contributed by atoms with E-state index in [2.05, 4.69) is 10.3 Å². The van der Waals surface area contributed by atoms with Crippen molar-refractivity contribution in [3.63, 3.8) is 0 Å². The van der Waals surface area contributed by atoms with Gasteiger partial charge in [-0.15, -0.1) is 0 Å². The number of anilines is 2. The van der Waals surface area contributed by atoms with E-state index in [0.717, 1.165) is 22.6 Å². The van der Waals surface area contributed by atoms with Crippen LogP contribution in [0.4, 0.5) is 10.8 Å². The second-order valence-corrected chi connectivity index (χ2v) is 5.40. The van der Waals surface area contributed by atoms with E-state index in [9.17, 15) is 4.79 Å². The molecule has 2 rings (SSSR count). The maximum Gasteiger partial charge on any atom is 0.347 e. The summed E-state index contributed by atoms with van der Waals surface area (Å²) in [6.45, 7) is 3.78. The van der Waals surface area contributed by atoms with Crippen molar-refractivity contribution >= 4 is 39.7 Å². The second kappa shape index (κ2) is 5.59. The van der Waals surface area contributed by atoms with Gasteiger partial charge in [0.1, 0.15) is 4.88 Å². The smallest absolute Gasteiger partial charge is 0.347 e. The van der Waals surface area contributed by atoms with Crippen LogP contribution >= 0.6 is 22.9 Å². The summed E-state index contributed by atoms with van der Waals surface area (Å²) < 4.78 is 0. The van der Waals surface area contributed by atoms with Gasteiger partial charge >= 0.3 is 5.97 Å². The van der Waals surface area contributed by atoms with Crippen LogP contribution in [0.5, 0.6) is 0 Å². The second-order valence-electron chi connectivity index (χ2n) is 3.99. The van der Waals surface area contributed by atoms with Crippen LogP contribution in [-0.4, -0.2) is 16.1 Å². The van der Waals surface area contributed by atoms with Gasteiger partial charge in [-0.3, -0.25) is 0 Å². The van der Waals surface area contributed by atoms with Gasteiger partial charge in [0.25, 0.3) is 0 Å². The molecule has 100 valence electrons. The van der Waals surface area contributed by atoms with Gasteiger partial charge in [0.2, 0.25) is 0 Å². The summed E-state index contributed by atoms with van der Waals surface area (Å²) in [5.41, 5.74) is 2.34. The van der Waals surface area contributed by atoms with Gasteiger partial charge in [0, 0.05) is 10.7 Å². The fourth-order valence-electron chi connectivity index (χ4n) is 1.67. The van der Waals surface area contributed by atoms with Gasteiger partial charge in [0.05, 0.1) is 5.69 Å². The minimum Gasteiger partial charge on any atom is -0.477 e. The van der Waals surface area contributed by atoms with E-state index in [1.54, 1.807) is 0 Å². The predicted molar refractivity (Wildman–Crippen MR) is 77.9 cm³/mol. The molecule has 0 fully saturated rings. The van der Waals surface area contributed by atoms with Crippen molar-refractivity contribution in [3.8, 4) is 0 Å². The number of carboxylic acids is 1. The highest BCUT2D eigenvalue weighted by molar-refractivity contribution is 7.17. The molecule has 0 aliphatic heterocycles. The number of aromatic nitrogens is 1. The zero-order valence-corrected chi connectivity index (χ0v) is 12.1. The van der Waals surface area contributed by atoms with Crippen LogP contribution < -0.4 is 5.32 Å². The molecule has 6 heteroatoms. The molecule has 0 saturated heterocycles. The average molecular weight is 297 g/mol. The summed E-state index contributed by atoms with van der Waals surface area (Å²) in [7, 11) is 0. The minimum atomic E-state index is -0.940. The lowest BCUT2D eigenvalue weighted by atomic mass is 10.2. The number of carbonyl (C=O) groups is 1. The molecular formula is C13H13ClN2O2S. The summed E-state index contributed by atoms with van der Waals surface area (Å²) in [6.07, 6.45) is 0.592. The first-order chi connectivity index (χ1) is 9.02. The zero-order chi connectivity index (χ0) is 14.0. The predicted octanol–water partition coefficient (Wildman–Crippen LogP) is 4.11. The summed E-state index contributed by atoms with van der Waals surface area (Å²) in [5.74, 6) is -0.940. The Morgan fingerprint density at radius 2 is 2.26 bits per heavy atom. The van der Waals surface area contributed by atoms with Crippen molar-refractivity contribution < 1.29 is 9.90 Å².